The monoisotopic (exact) mass is 348 g/mol. The van der Waals surface area contributed by atoms with E-state index in [1.54, 1.807) is 0 Å². The molecule has 140 valence electrons. The molecule has 1 aromatic rings. The molecule has 0 nitrogen and oxygen atoms in total. The molecule has 1 saturated carbocycles. The maximum atomic E-state index is 3.44. The van der Waals surface area contributed by atoms with E-state index in [-0.39, 0.29) is 0 Å². The lowest BCUT2D eigenvalue weighted by Crippen LogP contribution is -2.12. The van der Waals surface area contributed by atoms with Crippen molar-refractivity contribution in [3.63, 3.8) is 0 Å². The highest BCUT2D eigenvalue weighted by Crippen LogP contribution is 2.36. The number of hydrogen-bond acceptors (Lipinski definition) is 0. The van der Waals surface area contributed by atoms with Gasteiger partial charge in [0.25, 0.3) is 0 Å². The summed E-state index contributed by atoms with van der Waals surface area (Å²) in [6, 6.07) is 9.14. The highest BCUT2D eigenvalue weighted by Gasteiger charge is 2.21. The van der Waals surface area contributed by atoms with E-state index < -0.39 is 0 Å². The van der Waals surface area contributed by atoms with Crippen molar-refractivity contribution in [2.75, 3.05) is 0 Å². The Bertz CT molecular complexity index is 629. The number of benzene rings is 1. The molecule has 0 heterocycles. The fourth-order valence-corrected chi connectivity index (χ4v) is 4.65. The standard InChI is InChI=1S/C26H36/c1-3-5-6-22-7-9-23(10-8-22)11-12-24-15-19-26(20-16-24)25-17-13-21(4-2)14-18-25/h9,15-16,19-22,25H,3-8,10,13-14,17-18H2,1-2H3. The van der Waals surface area contributed by atoms with E-state index in [1.807, 2.05) is 0 Å². The van der Waals surface area contributed by atoms with Crippen LogP contribution in [0.1, 0.15) is 102 Å². The van der Waals surface area contributed by atoms with Crippen molar-refractivity contribution in [3.05, 3.63) is 47.0 Å². The summed E-state index contributed by atoms with van der Waals surface area (Å²) in [7, 11) is 0. The maximum absolute atomic E-state index is 3.44. The Balaban J connectivity index is 1.52. The third-order valence-electron chi connectivity index (χ3n) is 6.66. The summed E-state index contributed by atoms with van der Waals surface area (Å²) >= 11 is 0. The van der Waals surface area contributed by atoms with Gasteiger partial charge in [-0.15, -0.1) is 0 Å². The minimum Gasteiger partial charge on any atom is -0.0726 e. The summed E-state index contributed by atoms with van der Waals surface area (Å²) in [4.78, 5) is 0. The molecule has 0 heteroatoms. The average Bonchev–Trinajstić information content (AvgIpc) is 2.72. The van der Waals surface area contributed by atoms with Gasteiger partial charge in [0.05, 0.1) is 0 Å². The van der Waals surface area contributed by atoms with Gasteiger partial charge in [-0.1, -0.05) is 69.6 Å². The van der Waals surface area contributed by atoms with E-state index in [1.165, 1.54) is 87.3 Å². The highest BCUT2D eigenvalue weighted by molar-refractivity contribution is 5.42. The third kappa shape index (κ3) is 5.51. The molecule has 0 amide bonds. The zero-order valence-electron chi connectivity index (χ0n) is 16.9. The highest BCUT2D eigenvalue weighted by atomic mass is 14.3. The second kappa shape index (κ2) is 10.0. The van der Waals surface area contributed by atoms with Crippen LogP contribution in [0.25, 0.3) is 0 Å². The number of allylic oxidation sites excluding steroid dienone is 2. The molecule has 2 aliphatic carbocycles. The molecular formula is C26H36. The Kier molecular flexibility index (Phi) is 7.43. The van der Waals surface area contributed by atoms with Crippen LogP contribution in [0.15, 0.2) is 35.9 Å². The molecule has 0 bridgehead atoms. The van der Waals surface area contributed by atoms with Crippen LogP contribution in [0.2, 0.25) is 0 Å². The van der Waals surface area contributed by atoms with E-state index in [4.69, 9.17) is 0 Å². The van der Waals surface area contributed by atoms with Gasteiger partial charge in [-0.3, -0.25) is 0 Å². The molecule has 0 spiro atoms. The van der Waals surface area contributed by atoms with Crippen molar-refractivity contribution in [1.82, 2.24) is 0 Å². The van der Waals surface area contributed by atoms with Gasteiger partial charge < -0.3 is 0 Å². The zero-order valence-corrected chi connectivity index (χ0v) is 16.9. The van der Waals surface area contributed by atoms with Gasteiger partial charge in [0, 0.05) is 5.56 Å². The lowest BCUT2D eigenvalue weighted by molar-refractivity contribution is 0.319. The van der Waals surface area contributed by atoms with Gasteiger partial charge in [0.1, 0.15) is 0 Å². The number of hydrogen-bond donors (Lipinski definition) is 0. The quantitative estimate of drug-likeness (QED) is 0.480. The first-order chi connectivity index (χ1) is 12.8. The summed E-state index contributed by atoms with van der Waals surface area (Å²) in [5, 5.41) is 0. The molecular weight excluding hydrogens is 312 g/mol. The van der Waals surface area contributed by atoms with E-state index >= 15 is 0 Å². The Morgan fingerprint density at radius 2 is 1.65 bits per heavy atom. The predicted molar refractivity (Wildman–Crippen MR) is 113 cm³/mol. The van der Waals surface area contributed by atoms with Gasteiger partial charge >= 0.3 is 0 Å². The van der Waals surface area contributed by atoms with Crippen LogP contribution in [0.4, 0.5) is 0 Å². The van der Waals surface area contributed by atoms with Gasteiger partial charge in [-0.25, -0.2) is 0 Å². The van der Waals surface area contributed by atoms with Crippen LogP contribution in [-0.2, 0) is 0 Å². The van der Waals surface area contributed by atoms with Crippen molar-refractivity contribution in [2.45, 2.75) is 90.4 Å². The fraction of sp³-hybridized carbons (Fsp3) is 0.615. The molecule has 1 fully saturated rings. The molecule has 0 radical (unpaired) electrons. The van der Waals surface area contributed by atoms with Gasteiger partial charge in [-0.05, 0) is 86.0 Å². The smallest absolute Gasteiger partial charge is 0.0249 e. The third-order valence-corrected chi connectivity index (χ3v) is 6.66. The summed E-state index contributed by atoms with van der Waals surface area (Å²) in [6.45, 7) is 4.63. The second-order valence-corrected chi connectivity index (χ2v) is 8.51. The molecule has 0 saturated heterocycles. The number of rotatable bonds is 5. The molecule has 0 aliphatic heterocycles. The maximum Gasteiger partial charge on any atom is 0.0249 e. The van der Waals surface area contributed by atoms with Crippen LogP contribution >= 0.6 is 0 Å². The summed E-state index contributed by atoms with van der Waals surface area (Å²) in [5.74, 6) is 9.50. The zero-order chi connectivity index (χ0) is 18.2. The number of unbranched alkanes of at least 4 members (excludes halogenated alkanes) is 1. The molecule has 0 N–H and O–H groups in total. The molecule has 26 heavy (non-hydrogen) atoms. The molecule has 0 aromatic heterocycles. The largest absolute Gasteiger partial charge is 0.0726 e. The lowest BCUT2D eigenvalue weighted by Gasteiger charge is -2.28. The van der Waals surface area contributed by atoms with Crippen LogP contribution in [-0.4, -0.2) is 0 Å². The van der Waals surface area contributed by atoms with Crippen LogP contribution in [0.5, 0.6) is 0 Å². The fourth-order valence-electron chi connectivity index (χ4n) is 4.65. The van der Waals surface area contributed by atoms with E-state index in [0.29, 0.717) is 0 Å². The minimum atomic E-state index is 0.779. The first kappa shape index (κ1) is 19.3. The van der Waals surface area contributed by atoms with Gasteiger partial charge in [-0.2, -0.15) is 0 Å². The first-order valence-electron chi connectivity index (χ1n) is 11.1. The van der Waals surface area contributed by atoms with Crippen molar-refractivity contribution in [3.8, 4) is 11.8 Å². The van der Waals surface area contributed by atoms with E-state index in [9.17, 15) is 0 Å². The molecule has 2 aliphatic rings. The normalized spacial score (nSPS) is 25.9. The predicted octanol–water partition coefficient (Wildman–Crippen LogP) is 7.64. The first-order valence-corrected chi connectivity index (χ1v) is 11.1. The molecule has 1 atom stereocenters. The van der Waals surface area contributed by atoms with Crippen molar-refractivity contribution in [1.29, 1.82) is 0 Å². The van der Waals surface area contributed by atoms with Crippen LogP contribution in [0, 0.1) is 23.7 Å². The second-order valence-electron chi connectivity index (χ2n) is 8.51. The molecule has 3 rings (SSSR count). The molecule has 1 aromatic carbocycles. The topological polar surface area (TPSA) is 0 Å². The SMILES string of the molecule is CCCCC1CC=C(C#Cc2ccc(C3CCC(CC)CC3)cc2)CC1. The van der Waals surface area contributed by atoms with E-state index in [2.05, 4.69) is 56.0 Å². The molecule has 1 unspecified atom stereocenters. The summed E-state index contributed by atoms with van der Waals surface area (Å²) < 4.78 is 0. The van der Waals surface area contributed by atoms with Gasteiger partial charge in [0.15, 0.2) is 0 Å². The Labute approximate surface area is 161 Å². The van der Waals surface area contributed by atoms with Crippen molar-refractivity contribution < 1.29 is 0 Å². The van der Waals surface area contributed by atoms with Crippen LogP contribution in [0.3, 0.4) is 0 Å². The Morgan fingerprint density at radius 3 is 2.27 bits per heavy atom. The average molecular weight is 349 g/mol. The summed E-state index contributed by atoms with van der Waals surface area (Å²) in [6.07, 6.45) is 17.2. The Morgan fingerprint density at radius 1 is 0.885 bits per heavy atom. The van der Waals surface area contributed by atoms with E-state index in [0.717, 1.165) is 17.8 Å². The van der Waals surface area contributed by atoms with Crippen molar-refractivity contribution in [2.24, 2.45) is 11.8 Å². The van der Waals surface area contributed by atoms with Crippen molar-refractivity contribution >= 4 is 0 Å². The lowest BCUT2D eigenvalue weighted by atomic mass is 9.78. The van der Waals surface area contributed by atoms with Crippen LogP contribution < -0.4 is 0 Å². The minimum absolute atomic E-state index is 0.779. The Hall–Kier alpha value is -1.48. The van der Waals surface area contributed by atoms with Gasteiger partial charge in [0.2, 0.25) is 0 Å². The summed E-state index contributed by atoms with van der Waals surface area (Å²) in [5.41, 5.74) is 4.06.